The van der Waals surface area contributed by atoms with E-state index in [1.807, 2.05) is 0 Å². The predicted octanol–water partition coefficient (Wildman–Crippen LogP) is 3.58. The minimum absolute atomic E-state index is 0.0638. The lowest BCUT2D eigenvalue weighted by Crippen LogP contribution is -2.14. The van der Waals surface area contributed by atoms with Crippen molar-refractivity contribution in [3.8, 4) is 11.4 Å². The molecule has 23 heavy (non-hydrogen) atoms. The molecule has 0 atom stereocenters. The topological polar surface area (TPSA) is 39.9 Å². The standard InChI is InChI=1S/C14H16BrF3N3OS/c1-23(2)8-7-22-9-21-12(10-3-5-11(15)6-4-10)19-13(20-21)14(16,17)18/h3-6H,7-9H2,1-2H3/q+1. The first-order valence-electron chi connectivity index (χ1n) is 6.67. The van der Waals surface area contributed by atoms with Crippen LogP contribution in [0, 0.1) is 0 Å². The maximum Gasteiger partial charge on any atom is 0.453 e. The number of nitrogens with zero attached hydrogens (tertiary/aromatic N) is 3. The van der Waals surface area contributed by atoms with Gasteiger partial charge in [0.1, 0.15) is 12.5 Å². The molecular weight excluding hydrogens is 395 g/mol. The average Bonchev–Trinajstić information content (AvgIpc) is 2.88. The van der Waals surface area contributed by atoms with Crippen molar-refractivity contribution in [3.63, 3.8) is 0 Å². The van der Waals surface area contributed by atoms with Crippen LogP contribution in [-0.2, 0) is 28.5 Å². The van der Waals surface area contributed by atoms with Crippen molar-refractivity contribution in [2.75, 3.05) is 24.9 Å². The van der Waals surface area contributed by atoms with Crippen LogP contribution >= 0.6 is 15.9 Å². The highest BCUT2D eigenvalue weighted by atomic mass is 79.9. The molecule has 0 aliphatic rings. The zero-order valence-electron chi connectivity index (χ0n) is 12.6. The summed E-state index contributed by atoms with van der Waals surface area (Å²) in [6.45, 7) is 0.406. The van der Waals surface area contributed by atoms with Gasteiger partial charge in [0.05, 0.1) is 19.1 Å². The van der Waals surface area contributed by atoms with E-state index in [4.69, 9.17) is 4.74 Å². The minimum Gasteiger partial charge on any atom is -0.354 e. The maximum absolute atomic E-state index is 12.9. The van der Waals surface area contributed by atoms with Crippen LogP contribution in [0.3, 0.4) is 0 Å². The van der Waals surface area contributed by atoms with Gasteiger partial charge in [0.15, 0.2) is 5.82 Å². The summed E-state index contributed by atoms with van der Waals surface area (Å²) in [5.74, 6) is -0.171. The van der Waals surface area contributed by atoms with Gasteiger partial charge in [-0.3, -0.25) is 0 Å². The fourth-order valence-corrected chi connectivity index (χ4v) is 2.46. The van der Waals surface area contributed by atoms with Crippen LogP contribution in [-0.4, -0.2) is 39.6 Å². The molecule has 2 rings (SSSR count). The Labute approximate surface area is 143 Å². The Kier molecular flexibility index (Phi) is 6.10. The molecule has 0 bridgehead atoms. The van der Waals surface area contributed by atoms with Crippen molar-refractivity contribution >= 4 is 26.8 Å². The molecule has 0 unspecified atom stereocenters. The first-order valence-corrected chi connectivity index (χ1v) is 9.67. The summed E-state index contributed by atoms with van der Waals surface area (Å²) in [7, 11) is 0.218. The van der Waals surface area contributed by atoms with Crippen molar-refractivity contribution in [1.29, 1.82) is 0 Å². The second kappa shape index (κ2) is 7.67. The lowest BCUT2D eigenvalue weighted by molar-refractivity contribution is -0.145. The molecule has 1 heterocycles. The van der Waals surface area contributed by atoms with Crippen LogP contribution in [0.1, 0.15) is 5.82 Å². The van der Waals surface area contributed by atoms with Gasteiger partial charge in [-0.2, -0.15) is 13.2 Å². The van der Waals surface area contributed by atoms with Gasteiger partial charge in [-0.1, -0.05) is 28.1 Å². The van der Waals surface area contributed by atoms with Crippen LogP contribution in [0.2, 0.25) is 0 Å². The Bertz CT molecular complexity index is 644. The molecule has 0 N–H and O–H groups in total. The number of benzene rings is 1. The quantitative estimate of drug-likeness (QED) is 0.539. The third kappa shape index (κ3) is 5.22. The molecule has 126 valence electrons. The SMILES string of the molecule is C[S+](C)CCOCn1nc(C(F)(F)F)nc1-c1ccc(Br)cc1. The summed E-state index contributed by atoms with van der Waals surface area (Å²) in [4.78, 5) is 3.63. The number of halogens is 4. The molecule has 0 aliphatic heterocycles. The zero-order valence-corrected chi connectivity index (χ0v) is 15.0. The summed E-state index contributed by atoms with van der Waals surface area (Å²) < 4.78 is 46.0. The largest absolute Gasteiger partial charge is 0.453 e. The van der Waals surface area contributed by atoms with E-state index in [-0.39, 0.29) is 23.5 Å². The van der Waals surface area contributed by atoms with Gasteiger partial charge in [0.25, 0.3) is 5.82 Å². The van der Waals surface area contributed by atoms with Gasteiger partial charge in [0, 0.05) is 10.0 Å². The van der Waals surface area contributed by atoms with Crippen LogP contribution in [0.4, 0.5) is 13.2 Å². The van der Waals surface area contributed by atoms with E-state index in [9.17, 15) is 13.2 Å². The van der Waals surface area contributed by atoms with Crippen LogP contribution in [0.25, 0.3) is 11.4 Å². The first kappa shape index (κ1) is 18.3. The van der Waals surface area contributed by atoms with Crippen molar-refractivity contribution < 1.29 is 17.9 Å². The van der Waals surface area contributed by atoms with Crippen LogP contribution < -0.4 is 0 Å². The van der Waals surface area contributed by atoms with Crippen molar-refractivity contribution in [2.24, 2.45) is 0 Å². The van der Waals surface area contributed by atoms with Gasteiger partial charge >= 0.3 is 6.18 Å². The van der Waals surface area contributed by atoms with E-state index >= 15 is 0 Å². The summed E-state index contributed by atoms with van der Waals surface area (Å²) in [5, 5.41) is 3.54. The monoisotopic (exact) mass is 410 g/mol. The lowest BCUT2D eigenvalue weighted by atomic mass is 10.2. The number of aromatic nitrogens is 3. The van der Waals surface area contributed by atoms with E-state index < -0.39 is 12.0 Å². The molecule has 0 radical (unpaired) electrons. The Morgan fingerprint density at radius 1 is 1.22 bits per heavy atom. The number of rotatable bonds is 6. The van der Waals surface area contributed by atoms with Crippen LogP contribution in [0.5, 0.6) is 0 Å². The molecule has 9 heteroatoms. The van der Waals surface area contributed by atoms with Crippen molar-refractivity contribution in [2.45, 2.75) is 12.9 Å². The molecule has 0 fully saturated rings. The minimum atomic E-state index is -4.59. The summed E-state index contributed by atoms with van der Waals surface area (Å²) in [6, 6.07) is 6.84. The van der Waals surface area contributed by atoms with Crippen molar-refractivity contribution in [3.05, 3.63) is 34.6 Å². The predicted molar refractivity (Wildman–Crippen MR) is 88.2 cm³/mol. The third-order valence-electron chi connectivity index (χ3n) is 2.88. The number of hydrogen-bond acceptors (Lipinski definition) is 3. The van der Waals surface area contributed by atoms with Gasteiger partial charge < -0.3 is 4.74 Å². The zero-order chi connectivity index (χ0) is 17.0. The molecule has 1 aromatic heterocycles. The molecule has 0 saturated carbocycles. The van der Waals surface area contributed by atoms with E-state index in [2.05, 4.69) is 38.5 Å². The van der Waals surface area contributed by atoms with Gasteiger partial charge in [-0.25, -0.2) is 9.67 Å². The molecular formula is C14H16BrF3N3OS+. The maximum atomic E-state index is 12.9. The highest BCUT2D eigenvalue weighted by molar-refractivity contribution is 9.10. The Hall–Kier alpha value is -1.06. The molecule has 0 amide bonds. The number of hydrogen-bond donors (Lipinski definition) is 0. The van der Waals surface area contributed by atoms with Gasteiger partial charge in [-0.05, 0) is 23.0 Å². The van der Waals surface area contributed by atoms with Crippen molar-refractivity contribution in [1.82, 2.24) is 14.8 Å². The molecule has 0 aliphatic carbocycles. The number of alkyl halides is 3. The molecule has 0 saturated heterocycles. The van der Waals surface area contributed by atoms with Crippen LogP contribution in [0.15, 0.2) is 28.7 Å². The molecule has 2 aromatic rings. The summed E-state index contributed by atoms with van der Waals surface area (Å²) in [5.41, 5.74) is 0.547. The molecule has 4 nitrogen and oxygen atoms in total. The lowest BCUT2D eigenvalue weighted by Gasteiger charge is -2.06. The fraction of sp³-hybridized carbons (Fsp3) is 0.429. The Morgan fingerprint density at radius 2 is 1.87 bits per heavy atom. The summed E-state index contributed by atoms with van der Waals surface area (Å²) in [6.07, 6.45) is -0.434. The van der Waals surface area contributed by atoms with E-state index in [1.165, 1.54) is 0 Å². The first-order chi connectivity index (χ1) is 10.8. The average molecular weight is 411 g/mol. The number of ether oxygens (including phenoxy) is 1. The van der Waals surface area contributed by atoms with E-state index in [0.29, 0.717) is 12.2 Å². The second-order valence-electron chi connectivity index (χ2n) is 4.99. The van der Waals surface area contributed by atoms with E-state index in [1.54, 1.807) is 24.3 Å². The Morgan fingerprint density at radius 3 is 2.43 bits per heavy atom. The fourth-order valence-electron chi connectivity index (χ4n) is 1.74. The Balaban J connectivity index is 2.24. The normalized spacial score (nSPS) is 12.1. The van der Waals surface area contributed by atoms with E-state index in [0.717, 1.165) is 14.9 Å². The molecule has 1 aromatic carbocycles. The van der Waals surface area contributed by atoms with Gasteiger partial charge in [0.2, 0.25) is 0 Å². The highest BCUT2D eigenvalue weighted by Crippen LogP contribution is 2.29. The molecule has 0 spiro atoms. The second-order valence-corrected chi connectivity index (χ2v) is 8.29. The summed E-state index contributed by atoms with van der Waals surface area (Å²) >= 11 is 3.29. The smallest absolute Gasteiger partial charge is 0.354 e. The highest BCUT2D eigenvalue weighted by Gasteiger charge is 2.37. The third-order valence-corrected chi connectivity index (χ3v) is 4.39. The van der Waals surface area contributed by atoms with Gasteiger partial charge in [-0.15, -0.1) is 5.10 Å².